The van der Waals surface area contributed by atoms with E-state index in [4.69, 9.17) is 9.47 Å². The maximum Gasteiger partial charge on any atom is 0.325 e. The number of hydrogen-bond donors (Lipinski definition) is 2. The van der Waals surface area contributed by atoms with Crippen molar-refractivity contribution >= 4 is 17.8 Å². The Balaban J connectivity index is 1.57. The average molecular weight is 389 g/mol. The van der Waals surface area contributed by atoms with E-state index in [1.807, 2.05) is 6.07 Å². The van der Waals surface area contributed by atoms with Crippen LogP contribution in [0.4, 0.5) is 4.79 Å². The lowest BCUT2D eigenvalue weighted by Crippen LogP contribution is -2.46. The minimum atomic E-state index is -1.10. The van der Waals surface area contributed by atoms with Crippen LogP contribution in [0.5, 0.6) is 11.5 Å². The fourth-order valence-corrected chi connectivity index (χ4v) is 3.45. The van der Waals surface area contributed by atoms with Crippen LogP contribution in [0.3, 0.4) is 0 Å². The Morgan fingerprint density at radius 3 is 2.79 bits per heavy atom. The molecule has 2 aliphatic heterocycles. The van der Waals surface area contributed by atoms with Crippen LogP contribution in [-0.2, 0) is 16.0 Å². The number of carbonyl (C=O) groups is 3. The maximum atomic E-state index is 12.8. The van der Waals surface area contributed by atoms with Crippen molar-refractivity contribution in [1.29, 1.82) is 0 Å². The minimum Gasteiger partial charge on any atom is -0.454 e. The molecule has 3 rings (SSSR count). The molecule has 8 heteroatoms. The molecule has 0 aromatic heterocycles. The molecule has 1 aromatic carbocycles. The standard InChI is InChI=1S/C20H27N3O5/c1-3-4-5-6-9-21-17(24)12-23-18(25)20(2,22-19(23)26)11-14-7-8-15-16(10-14)28-13-27-15/h7-8,10H,3-6,9,11-13H2,1-2H3,(H,21,24)(H,22,26)/t20-/m1/s1. The fourth-order valence-electron chi connectivity index (χ4n) is 3.45. The van der Waals surface area contributed by atoms with E-state index in [0.29, 0.717) is 24.5 Å². The topological polar surface area (TPSA) is 97.0 Å². The third-order valence-corrected chi connectivity index (χ3v) is 4.99. The number of unbranched alkanes of at least 4 members (excludes halogenated alkanes) is 3. The van der Waals surface area contributed by atoms with Crippen molar-refractivity contribution in [3.8, 4) is 11.5 Å². The lowest BCUT2D eigenvalue weighted by atomic mass is 9.92. The zero-order valence-corrected chi connectivity index (χ0v) is 16.4. The SMILES string of the molecule is CCCCCCNC(=O)CN1C(=O)N[C@](C)(Cc2ccc3c(c2)OCO3)C1=O. The number of rotatable bonds is 9. The van der Waals surface area contributed by atoms with Crippen molar-refractivity contribution in [2.24, 2.45) is 0 Å². The van der Waals surface area contributed by atoms with Gasteiger partial charge in [0.1, 0.15) is 12.1 Å². The molecular formula is C20H27N3O5. The summed E-state index contributed by atoms with van der Waals surface area (Å²) in [6.07, 6.45) is 4.48. The van der Waals surface area contributed by atoms with E-state index in [1.54, 1.807) is 19.1 Å². The van der Waals surface area contributed by atoms with Crippen LogP contribution >= 0.6 is 0 Å². The summed E-state index contributed by atoms with van der Waals surface area (Å²) in [5, 5.41) is 5.49. The summed E-state index contributed by atoms with van der Waals surface area (Å²) in [7, 11) is 0. The first kappa shape index (κ1) is 20.0. The number of hydrogen-bond acceptors (Lipinski definition) is 5. The van der Waals surface area contributed by atoms with Gasteiger partial charge in [-0.1, -0.05) is 32.3 Å². The number of benzene rings is 1. The van der Waals surface area contributed by atoms with Gasteiger partial charge in [-0.3, -0.25) is 14.5 Å². The lowest BCUT2D eigenvalue weighted by molar-refractivity contribution is -0.134. The Hall–Kier alpha value is -2.77. The van der Waals surface area contributed by atoms with Gasteiger partial charge in [0.2, 0.25) is 12.7 Å². The largest absolute Gasteiger partial charge is 0.454 e. The van der Waals surface area contributed by atoms with Crippen LogP contribution in [0.15, 0.2) is 18.2 Å². The van der Waals surface area contributed by atoms with E-state index in [1.165, 1.54) is 0 Å². The number of nitrogens with zero attached hydrogens (tertiary/aromatic N) is 1. The number of amides is 4. The zero-order valence-electron chi connectivity index (χ0n) is 16.4. The van der Waals surface area contributed by atoms with E-state index >= 15 is 0 Å². The first-order valence-corrected chi connectivity index (χ1v) is 9.72. The first-order valence-electron chi connectivity index (χ1n) is 9.72. The first-order chi connectivity index (χ1) is 13.4. The molecule has 0 unspecified atom stereocenters. The summed E-state index contributed by atoms with van der Waals surface area (Å²) < 4.78 is 10.7. The quantitative estimate of drug-likeness (QED) is 0.497. The monoisotopic (exact) mass is 389 g/mol. The number of nitrogens with one attached hydrogen (secondary N) is 2. The number of fused-ring (bicyclic) bond motifs is 1. The second kappa shape index (κ2) is 8.50. The van der Waals surface area contributed by atoms with Gasteiger partial charge in [0.15, 0.2) is 11.5 Å². The highest BCUT2D eigenvalue weighted by molar-refractivity contribution is 6.08. The van der Waals surface area contributed by atoms with E-state index in [-0.39, 0.29) is 19.2 Å². The second-order valence-electron chi connectivity index (χ2n) is 7.43. The van der Waals surface area contributed by atoms with Gasteiger partial charge in [-0.2, -0.15) is 0 Å². The van der Waals surface area contributed by atoms with Crippen LogP contribution < -0.4 is 20.1 Å². The van der Waals surface area contributed by atoms with Gasteiger partial charge in [0.25, 0.3) is 5.91 Å². The van der Waals surface area contributed by atoms with Crippen molar-refractivity contribution in [2.75, 3.05) is 19.9 Å². The summed E-state index contributed by atoms with van der Waals surface area (Å²) in [5.74, 6) is 0.550. The predicted octanol–water partition coefficient (Wildman–Crippen LogP) is 1.96. The molecular weight excluding hydrogens is 362 g/mol. The Kier molecular flexibility index (Phi) is 6.06. The summed E-state index contributed by atoms with van der Waals surface area (Å²) in [6, 6.07) is 4.88. The highest BCUT2D eigenvalue weighted by atomic mass is 16.7. The van der Waals surface area contributed by atoms with Gasteiger partial charge in [-0.25, -0.2) is 4.79 Å². The normalized spacial score (nSPS) is 20.4. The van der Waals surface area contributed by atoms with Crippen LogP contribution in [-0.4, -0.2) is 48.2 Å². The molecule has 8 nitrogen and oxygen atoms in total. The molecule has 0 radical (unpaired) electrons. The minimum absolute atomic E-state index is 0.174. The van der Waals surface area contributed by atoms with Gasteiger partial charge in [-0.15, -0.1) is 0 Å². The fraction of sp³-hybridized carbons (Fsp3) is 0.550. The van der Waals surface area contributed by atoms with Crippen LogP contribution in [0, 0.1) is 0 Å². The molecule has 4 amide bonds. The molecule has 1 aromatic rings. The Labute approximate surface area is 164 Å². The number of ether oxygens (including phenoxy) is 2. The third-order valence-electron chi connectivity index (χ3n) is 4.99. The molecule has 1 fully saturated rings. The molecule has 28 heavy (non-hydrogen) atoms. The second-order valence-corrected chi connectivity index (χ2v) is 7.43. The van der Waals surface area contributed by atoms with Crippen molar-refractivity contribution in [1.82, 2.24) is 15.5 Å². The molecule has 1 atom stereocenters. The van der Waals surface area contributed by atoms with E-state index in [0.717, 1.165) is 36.1 Å². The Morgan fingerprint density at radius 2 is 2.00 bits per heavy atom. The highest BCUT2D eigenvalue weighted by Crippen LogP contribution is 2.34. The van der Waals surface area contributed by atoms with Gasteiger partial charge < -0.3 is 20.1 Å². The van der Waals surface area contributed by atoms with Crippen LogP contribution in [0.1, 0.15) is 45.1 Å². The molecule has 2 heterocycles. The molecule has 0 bridgehead atoms. The molecule has 152 valence electrons. The van der Waals surface area contributed by atoms with Gasteiger partial charge >= 0.3 is 6.03 Å². The molecule has 1 saturated heterocycles. The van der Waals surface area contributed by atoms with Gasteiger partial charge in [0, 0.05) is 13.0 Å². The molecule has 2 N–H and O–H groups in total. The van der Waals surface area contributed by atoms with Gasteiger partial charge in [0.05, 0.1) is 0 Å². The zero-order chi connectivity index (χ0) is 20.1. The average Bonchev–Trinajstić information content (AvgIpc) is 3.19. The molecule has 0 spiro atoms. The summed E-state index contributed by atoms with van der Waals surface area (Å²) in [5.41, 5.74) is -0.269. The van der Waals surface area contributed by atoms with E-state index in [2.05, 4.69) is 17.6 Å². The predicted molar refractivity (Wildman–Crippen MR) is 102 cm³/mol. The summed E-state index contributed by atoms with van der Waals surface area (Å²) >= 11 is 0. The molecule has 2 aliphatic rings. The van der Waals surface area contributed by atoms with Crippen molar-refractivity contribution < 1.29 is 23.9 Å². The molecule has 0 aliphatic carbocycles. The third kappa shape index (κ3) is 4.37. The van der Waals surface area contributed by atoms with Gasteiger partial charge in [-0.05, 0) is 31.0 Å². The Morgan fingerprint density at radius 1 is 1.21 bits per heavy atom. The maximum absolute atomic E-state index is 12.8. The van der Waals surface area contributed by atoms with E-state index in [9.17, 15) is 14.4 Å². The van der Waals surface area contributed by atoms with E-state index < -0.39 is 17.5 Å². The lowest BCUT2D eigenvalue weighted by Gasteiger charge is -2.21. The van der Waals surface area contributed by atoms with Crippen LogP contribution in [0.2, 0.25) is 0 Å². The van der Waals surface area contributed by atoms with Crippen molar-refractivity contribution in [3.63, 3.8) is 0 Å². The molecule has 0 saturated carbocycles. The van der Waals surface area contributed by atoms with Crippen molar-refractivity contribution in [3.05, 3.63) is 23.8 Å². The highest BCUT2D eigenvalue weighted by Gasteiger charge is 2.48. The number of imide groups is 1. The Bertz CT molecular complexity index is 766. The summed E-state index contributed by atoms with van der Waals surface area (Å²) in [4.78, 5) is 38.2. The van der Waals surface area contributed by atoms with Crippen molar-refractivity contribution in [2.45, 2.75) is 51.5 Å². The number of carbonyl (C=O) groups excluding carboxylic acids is 3. The smallest absolute Gasteiger partial charge is 0.325 e. The van der Waals surface area contributed by atoms with Crippen LogP contribution in [0.25, 0.3) is 0 Å². The summed E-state index contributed by atoms with van der Waals surface area (Å²) in [6.45, 7) is 4.25. The number of urea groups is 1.